The summed E-state index contributed by atoms with van der Waals surface area (Å²) in [5.41, 5.74) is 6.31. The molecular weight excluding hydrogens is 369 g/mol. The van der Waals surface area contributed by atoms with Crippen LogP contribution in [0.2, 0.25) is 25.1 Å². The summed E-state index contributed by atoms with van der Waals surface area (Å²) in [5, 5.41) is 1.41. The zero-order chi connectivity index (χ0) is 14.2. The van der Waals surface area contributed by atoms with Gasteiger partial charge in [-0.2, -0.15) is 0 Å². The van der Waals surface area contributed by atoms with Gasteiger partial charge in [0.25, 0.3) is 0 Å². The lowest BCUT2D eigenvalue weighted by atomic mass is 10.3. The van der Waals surface area contributed by atoms with E-state index in [1.807, 2.05) is 0 Å². The van der Waals surface area contributed by atoms with Crippen LogP contribution in [0.5, 0.6) is 0 Å². The SMILES string of the molecule is Nc1cccnc1Sc1c(Cl)c(Cl)c(Cl)c(Cl)c1Cl. The van der Waals surface area contributed by atoms with Gasteiger partial charge in [0.05, 0.1) is 35.7 Å². The quantitative estimate of drug-likeness (QED) is 0.511. The third-order valence-electron chi connectivity index (χ3n) is 2.17. The van der Waals surface area contributed by atoms with E-state index in [0.29, 0.717) is 15.6 Å². The lowest BCUT2D eigenvalue weighted by molar-refractivity contribution is 1.14. The molecule has 2 rings (SSSR count). The maximum atomic E-state index is 6.13. The van der Waals surface area contributed by atoms with Crippen molar-refractivity contribution in [2.45, 2.75) is 9.92 Å². The number of hydrogen-bond donors (Lipinski definition) is 1. The normalized spacial score (nSPS) is 10.8. The Morgan fingerprint density at radius 3 is 1.95 bits per heavy atom. The van der Waals surface area contributed by atoms with E-state index in [9.17, 15) is 0 Å². The molecule has 100 valence electrons. The second-order valence-electron chi connectivity index (χ2n) is 3.40. The Kier molecular flexibility index (Phi) is 4.99. The lowest BCUT2D eigenvalue weighted by Crippen LogP contribution is -1.92. The van der Waals surface area contributed by atoms with Crippen molar-refractivity contribution in [2.24, 2.45) is 0 Å². The van der Waals surface area contributed by atoms with Crippen molar-refractivity contribution in [3.8, 4) is 0 Å². The van der Waals surface area contributed by atoms with Crippen LogP contribution in [0, 0.1) is 0 Å². The number of anilines is 1. The molecule has 8 heteroatoms. The molecule has 0 aliphatic rings. The number of nitrogens with two attached hydrogens (primary N) is 1. The van der Waals surface area contributed by atoms with Gasteiger partial charge in [-0.15, -0.1) is 0 Å². The molecule has 2 N–H and O–H groups in total. The minimum absolute atomic E-state index is 0.122. The highest BCUT2D eigenvalue weighted by molar-refractivity contribution is 7.99. The number of halogens is 5. The van der Waals surface area contributed by atoms with Crippen LogP contribution < -0.4 is 5.73 Å². The summed E-state index contributed by atoms with van der Waals surface area (Å²) in [6, 6.07) is 3.45. The Balaban J connectivity index is 2.56. The predicted octanol–water partition coefficient (Wildman–Crippen LogP) is 6.08. The summed E-state index contributed by atoms with van der Waals surface area (Å²) in [6.07, 6.45) is 1.61. The molecule has 0 atom stereocenters. The highest BCUT2D eigenvalue weighted by Gasteiger charge is 2.20. The second-order valence-corrected chi connectivity index (χ2v) is 6.29. The van der Waals surface area contributed by atoms with Crippen molar-refractivity contribution >= 4 is 75.5 Å². The molecule has 0 fully saturated rings. The summed E-state index contributed by atoms with van der Waals surface area (Å²) < 4.78 is 0. The van der Waals surface area contributed by atoms with Gasteiger partial charge in [-0.1, -0.05) is 69.8 Å². The highest BCUT2D eigenvalue weighted by Crippen LogP contribution is 2.49. The van der Waals surface area contributed by atoms with Crippen molar-refractivity contribution < 1.29 is 0 Å². The molecule has 0 aliphatic heterocycles. The van der Waals surface area contributed by atoms with Crippen LogP contribution >= 0.6 is 69.8 Å². The van der Waals surface area contributed by atoms with Crippen LogP contribution in [-0.2, 0) is 0 Å². The number of nitrogen functional groups attached to an aromatic ring is 1. The fourth-order valence-electron chi connectivity index (χ4n) is 1.26. The van der Waals surface area contributed by atoms with Crippen LogP contribution in [0.1, 0.15) is 0 Å². The molecule has 0 saturated heterocycles. The molecule has 1 heterocycles. The summed E-state index contributed by atoms with van der Waals surface area (Å²) in [6.45, 7) is 0. The molecule has 0 saturated carbocycles. The molecule has 0 unspecified atom stereocenters. The summed E-state index contributed by atoms with van der Waals surface area (Å²) >= 11 is 31.3. The first-order valence-corrected chi connectivity index (χ1v) is 7.54. The summed E-state index contributed by atoms with van der Waals surface area (Å²) in [7, 11) is 0. The van der Waals surface area contributed by atoms with Crippen molar-refractivity contribution in [2.75, 3.05) is 5.73 Å². The van der Waals surface area contributed by atoms with Crippen LogP contribution in [-0.4, -0.2) is 4.98 Å². The molecule has 0 amide bonds. The van der Waals surface area contributed by atoms with Gasteiger partial charge in [0.15, 0.2) is 0 Å². The van der Waals surface area contributed by atoms with E-state index in [2.05, 4.69) is 4.98 Å². The van der Waals surface area contributed by atoms with Crippen LogP contribution in [0.3, 0.4) is 0 Å². The van der Waals surface area contributed by atoms with Crippen molar-refractivity contribution in [3.63, 3.8) is 0 Å². The number of aromatic nitrogens is 1. The Bertz CT molecular complexity index is 618. The molecule has 2 nitrogen and oxygen atoms in total. The molecule has 0 radical (unpaired) electrons. The van der Waals surface area contributed by atoms with Gasteiger partial charge in [0, 0.05) is 6.20 Å². The third-order valence-corrected chi connectivity index (χ3v) is 5.82. The molecule has 1 aromatic carbocycles. The maximum absolute atomic E-state index is 6.13. The van der Waals surface area contributed by atoms with Crippen molar-refractivity contribution in [1.82, 2.24) is 4.98 Å². The number of benzene rings is 1. The Hall–Kier alpha value is -0.0300. The zero-order valence-electron chi connectivity index (χ0n) is 9.05. The van der Waals surface area contributed by atoms with Gasteiger partial charge in [-0.25, -0.2) is 4.98 Å². The van der Waals surface area contributed by atoms with Gasteiger partial charge in [-0.3, -0.25) is 0 Å². The van der Waals surface area contributed by atoms with Crippen molar-refractivity contribution in [3.05, 3.63) is 43.4 Å². The number of rotatable bonds is 2. The zero-order valence-corrected chi connectivity index (χ0v) is 13.7. The van der Waals surface area contributed by atoms with E-state index < -0.39 is 0 Å². The largest absolute Gasteiger partial charge is 0.397 e. The molecular formula is C11H5Cl5N2S. The van der Waals surface area contributed by atoms with Gasteiger partial charge in [0.1, 0.15) is 5.03 Å². The summed E-state index contributed by atoms with van der Waals surface area (Å²) in [5.74, 6) is 0. The Labute approximate surface area is 139 Å². The van der Waals surface area contributed by atoms with E-state index in [0.717, 1.165) is 0 Å². The topological polar surface area (TPSA) is 38.9 Å². The van der Waals surface area contributed by atoms with Gasteiger partial charge >= 0.3 is 0 Å². The smallest absolute Gasteiger partial charge is 0.124 e. The minimum atomic E-state index is 0.122. The average molecular weight is 375 g/mol. The summed E-state index contributed by atoms with van der Waals surface area (Å²) in [4.78, 5) is 4.60. The van der Waals surface area contributed by atoms with Crippen molar-refractivity contribution in [1.29, 1.82) is 0 Å². The first-order chi connectivity index (χ1) is 8.93. The third kappa shape index (κ3) is 3.02. The van der Waals surface area contributed by atoms with Crippen LogP contribution in [0.4, 0.5) is 5.69 Å². The number of nitrogens with zero attached hydrogens (tertiary/aromatic N) is 1. The first-order valence-electron chi connectivity index (χ1n) is 4.83. The second kappa shape index (κ2) is 6.17. The molecule has 0 aliphatic carbocycles. The monoisotopic (exact) mass is 372 g/mol. The molecule has 1 aromatic heterocycles. The van der Waals surface area contributed by atoms with E-state index in [1.54, 1.807) is 18.3 Å². The molecule has 2 aromatic rings. The molecule has 0 bridgehead atoms. The van der Waals surface area contributed by atoms with Crippen LogP contribution in [0.25, 0.3) is 0 Å². The van der Waals surface area contributed by atoms with Gasteiger partial charge in [0.2, 0.25) is 0 Å². The van der Waals surface area contributed by atoms with E-state index in [-0.39, 0.29) is 25.1 Å². The van der Waals surface area contributed by atoms with E-state index >= 15 is 0 Å². The van der Waals surface area contributed by atoms with Crippen LogP contribution in [0.15, 0.2) is 28.3 Å². The predicted molar refractivity (Wildman–Crippen MR) is 84.3 cm³/mol. The fraction of sp³-hybridized carbons (Fsp3) is 0. The molecule has 0 spiro atoms. The van der Waals surface area contributed by atoms with Gasteiger partial charge in [-0.05, 0) is 12.1 Å². The average Bonchev–Trinajstić information content (AvgIpc) is 2.41. The standard InChI is InChI=1S/C11H5Cl5N2S/c12-5-6(13)8(15)10(9(16)7(5)14)19-11-4(17)2-1-3-18-11/h1-3H,17H2. The highest BCUT2D eigenvalue weighted by atomic mass is 35.5. The van der Waals surface area contributed by atoms with E-state index in [1.165, 1.54) is 11.8 Å². The number of hydrogen-bond acceptors (Lipinski definition) is 3. The lowest BCUT2D eigenvalue weighted by Gasteiger charge is -2.12. The number of pyridine rings is 1. The Morgan fingerprint density at radius 2 is 1.42 bits per heavy atom. The Morgan fingerprint density at radius 1 is 0.895 bits per heavy atom. The minimum Gasteiger partial charge on any atom is -0.397 e. The molecule has 19 heavy (non-hydrogen) atoms. The fourth-order valence-corrected chi connectivity index (χ4v) is 3.62. The van der Waals surface area contributed by atoms with Gasteiger partial charge < -0.3 is 5.73 Å². The van der Waals surface area contributed by atoms with E-state index in [4.69, 9.17) is 63.7 Å². The maximum Gasteiger partial charge on any atom is 0.124 e. The first kappa shape index (κ1) is 15.4.